The van der Waals surface area contributed by atoms with Crippen LogP contribution in [0.1, 0.15) is 36.2 Å². The van der Waals surface area contributed by atoms with Gasteiger partial charge in [0.15, 0.2) is 0 Å². The third-order valence-electron chi connectivity index (χ3n) is 2.85. The Morgan fingerprint density at radius 2 is 2.05 bits per heavy atom. The average Bonchev–Trinajstić information content (AvgIpc) is 2.88. The van der Waals surface area contributed by atoms with Crippen LogP contribution in [0.15, 0.2) is 24.5 Å². The fraction of sp³-hybridized carbons (Fsp3) is 0.467. The van der Waals surface area contributed by atoms with Crippen LogP contribution in [0.3, 0.4) is 0 Å². The minimum absolute atomic E-state index is 0.121. The second kappa shape index (κ2) is 6.33. The molecule has 0 aliphatic rings. The summed E-state index contributed by atoms with van der Waals surface area (Å²) >= 11 is 1.76. The van der Waals surface area contributed by atoms with Gasteiger partial charge in [0.05, 0.1) is 12.1 Å². The molecule has 0 aromatic carbocycles. The molecule has 5 heteroatoms. The van der Waals surface area contributed by atoms with Gasteiger partial charge >= 0.3 is 0 Å². The molecule has 0 atom stereocenters. The van der Waals surface area contributed by atoms with Crippen molar-refractivity contribution in [2.45, 2.75) is 39.3 Å². The molecule has 0 radical (unpaired) electrons. The van der Waals surface area contributed by atoms with Gasteiger partial charge in [0.25, 0.3) is 0 Å². The van der Waals surface area contributed by atoms with Gasteiger partial charge in [-0.25, -0.2) is 9.97 Å². The molecule has 0 fully saturated rings. The first-order chi connectivity index (χ1) is 9.50. The number of methoxy groups -OCH3 is 1. The van der Waals surface area contributed by atoms with Crippen LogP contribution in [0, 0.1) is 0 Å². The molecule has 20 heavy (non-hydrogen) atoms. The summed E-state index contributed by atoms with van der Waals surface area (Å²) < 4.78 is 5.24. The smallest absolute Gasteiger partial charge is 0.217 e. The van der Waals surface area contributed by atoms with Gasteiger partial charge in [-0.1, -0.05) is 26.8 Å². The van der Waals surface area contributed by atoms with Crippen molar-refractivity contribution in [1.29, 1.82) is 0 Å². The number of ether oxygens (including phenoxy) is 1. The van der Waals surface area contributed by atoms with E-state index in [0.717, 1.165) is 18.7 Å². The maximum atomic E-state index is 5.24. The van der Waals surface area contributed by atoms with E-state index in [0.29, 0.717) is 5.88 Å². The van der Waals surface area contributed by atoms with E-state index >= 15 is 0 Å². The van der Waals surface area contributed by atoms with Crippen LogP contribution in [0.2, 0.25) is 0 Å². The lowest BCUT2D eigenvalue weighted by Crippen LogP contribution is -2.13. The van der Waals surface area contributed by atoms with E-state index in [1.165, 1.54) is 9.88 Å². The Morgan fingerprint density at radius 3 is 2.70 bits per heavy atom. The summed E-state index contributed by atoms with van der Waals surface area (Å²) in [5.41, 5.74) is 1.19. The highest BCUT2D eigenvalue weighted by molar-refractivity contribution is 7.11. The molecule has 0 amide bonds. The van der Waals surface area contributed by atoms with Crippen molar-refractivity contribution in [3.63, 3.8) is 0 Å². The zero-order valence-electron chi connectivity index (χ0n) is 12.4. The zero-order valence-corrected chi connectivity index (χ0v) is 13.3. The van der Waals surface area contributed by atoms with Crippen LogP contribution in [-0.4, -0.2) is 17.1 Å². The van der Waals surface area contributed by atoms with Gasteiger partial charge in [0.2, 0.25) is 5.88 Å². The van der Waals surface area contributed by atoms with Crippen molar-refractivity contribution in [3.8, 4) is 5.88 Å². The first-order valence-corrected chi connectivity index (χ1v) is 7.46. The molecular weight excluding hydrogens is 270 g/mol. The Kier molecular flexibility index (Phi) is 4.73. The second-order valence-electron chi connectivity index (χ2n) is 5.66. The van der Waals surface area contributed by atoms with Crippen LogP contribution in [0.5, 0.6) is 5.88 Å². The number of rotatable bonds is 5. The highest BCUT2D eigenvalue weighted by Gasteiger charge is 2.17. The standard InChI is InChI=1S/C15H21N3OS/c1-15(2,3)14-18-10-12(20-14)9-16-8-11-6-5-7-17-13(11)19-4/h5-7,10,16H,8-9H2,1-4H3. The topological polar surface area (TPSA) is 47.0 Å². The molecule has 0 saturated heterocycles. The first kappa shape index (κ1) is 14.9. The van der Waals surface area contributed by atoms with Gasteiger partial charge < -0.3 is 10.1 Å². The van der Waals surface area contributed by atoms with Crippen molar-refractivity contribution < 1.29 is 4.74 Å². The molecule has 0 aliphatic heterocycles. The molecule has 0 saturated carbocycles. The Balaban J connectivity index is 1.91. The largest absolute Gasteiger partial charge is 0.481 e. The summed E-state index contributed by atoms with van der Waals surface area (Å²) in [6.07, 6.45) is 3.69. The summed E-state index contributed by atoms with van der Waals surface area (Å²) in [7, 11) is 1.64. The van der Waals surface area contributed by atoms with Crippen LogP contribution >= 0.6 is 11.3 Å². The van der Waals surface area contributed by atoms with Crippen LogP contribution < -0.4 is 10.1 Å². The predicted octanol–water partition coefficient (Wildman–Crippen LogP) is 3.13. The van der Waals surface area contributed by atoms with E-state index < -0.39 is 0 Å². The normalized spacial score (nSPS) is 11.6. The van der Waals surface area contributed by atoms with Crippen molar-refractivity contribution in [2.75, 3.05) is 7.11 Å². The molecule has 2 rings (SSSR count). The van der Waals surface area contributed by atoms with Gasteiger partial charge in [0.1, 0.15) is 0 Å². The number of aromatic nitrogens is 2. The molecule has 1 N–H and O–H groups in total. The van der Waals surface area contributed by atoms with E-state index in [-0.39, 0.29) is 5.41 Å². The SMILES string of the molecule is COc1ncccc1CNCc1cnc(C(C)(C)C)s1. The van der Waals surface area contributed by atoms with E-state index in [1.54, 1.807) is 24.6 Å². The summed E-state index contributed by atoms with van der Waals surface area (Å²) in [5.74, 6) is 0.680. The first-order valence-electron chi connectivity index (χ1n) is 6.64. The lowest BCUT2D eigenvalue weighted by atomic mass is 9.98. The van der Waals surface area contributed by atoms with E-state index in [4.69, 9.17) is 4.74 Å². The predicted molar refractivity (Wildman–Crippen MR) is 82.1 cm³/mol. The molecule has 4 nitrogen and oxygen atoms in total. The third-order valence-corrected chi connectivity index (χ3v) is 4.28. The molecule has 2 aromatic heterocycles. The lowest BCUT2D eigenvalue weighted by molar-refractivity contribution is 0.390. The molecule has 108 valence electrons. The summed E-state index contributed by atoms with van der Waals surface area (Å²) in [6, 6.07) is 3.94. The Bertz CT molecular complexity index is 560. The Morgan fingerprint density at radius 1 is 1.25 bits per heavy atom. The molecule has 2 heterocycles. The van der Waals surface area contributed by atoms with E-state index in [9.17, 15) is 0 Å². The van der Waals surface area contributed by atoms with Crippen molar-refractivity contribution in [3.05, 3.63) is 40.0 Å². The minimum Gasteiger partial charge on any atom is -0.481 e. The van der Waals surface area contributed by atoms with E-state index in [1.807, 2.05) is 18.3 Å². The van der Waals surface area contributed by atoms with Crippen molar-refractivity contribution in [2.24, 2.45) is 0 Å². The van der Waals surface area contributed by atoms with Gasteiger partial charge in [-0.3, -0.25) is 0 Å². The maximum Gasteiger partial charge on any atom is 0.217 e. The molecule has 0 aliphatic carbocycles. The third kappa shape index (κ3) is 3.77. The zero-order chi connectivity index (χ0) is 14.6. The van der Waals surface area contributed by atoms with Crippen LogP contribution in [0.4, 0.5) is 0 Å². The number of thiazole rings is 1. The van der Waals surface area contributed by atoms with Gasteiger partial charge in [-0.05, 0) is 6.07 Å². The van der Waals surface area contributed by atoms with Crippen molar-refractivity contribution in [1.82, 2.24) is 15.3 Å². The number of hydrogen-bond donors (Lipinski definition) is 1. The molecule has 0 spiro atoms. The monoisotopic (exact) mass is 291 g/mol. The molecule has 0 unspecified atom stereocenters. The van der Waals surface area contributed by atoms with Crippen LogP contribution in [0.25, 0.3) is 0 Å². The fourth-order valence-corrected chi connectivity index (χ4v) is 2.74. The number of nitrogens with one attached hydrogen (secondary N) is 1. The van der Waals surface area contributed by atoms with Gasteiger partial charge in [0, 0.05) is 41.3 Å². The minimum atomic E-state index is 0.121. The van der Waals surface area contributed by atoms with Gasteiger partial charge in [-0.15, -0.1) is 11.3 Å². The number of hydrogen-bond acceptors (Lipinski definition) is 5. The molecule has 0 bridgehead atoms. The highest BCUT2D eigenvalue weighted by atomic mass is 32.1. The average molecular weight is 291 g/mol. The molecular formula is C15H21N3OS. The maximum absolute atomic E-state index is 5.24. The highest BCUT2D eigenvalue weighted by Crippen LogP contribution is 2.26. The second-order valence-corrected chi connectivity index (χ2v) is 6.77. The van der Waals surface area contributed by atoms with E-state index in [2.05, 4.69) is 36.1 Å². The summed E-state index contributed by atoms with van der Waals surface area (Å²) in [5, 5.41) is 4.58. The quantitative estimate of drug-likeness (QED) is 0.919. The van der Waals surface area contributed by atoms with Gasteiger partial charge in [-0.2, -0.15) is 0 Å². The number of pyridine rings is 1. The number of nitrogens with zero attached hydrogens (tertiary/aromatic N) is 2. The summed E-state index contributed by atoms with van der Waals surface area (Å²) in [4.78, 5) is 9.92. The van der Waals surface area contributed by atoms with Crippen LogP contribution in [-0.2, 0) is 18.5 Å². The Labute approximate surface area is 124 Å². The summed E-state index contributed by atoms with van der Waals surface area (Å²) in [6.45, 7) is 8.10. The fourth-order valence-electron chi connectivity index (χ4n) is 1.80. The Hall–Kier alpha value is -1.46. The lowest BCUT2D eigenvalue weighted by Gasteiger charge is -2.13. The van der Waals surface area contributed by atoms with Crippen molar-refractivity contribution >= 4 is 11.3 Å². The molecule has 2 aromatic rings.